The molecule has 1 amide bonds. The first kappa shape index (κ1) is 22.9. The lowest BCUT2D eigenvalue weighted by atomic mass is 10.1. The van der Waals surface area contributed by atoms with Crippen LogP contribution in [0.2, 0.25) is 0 Å². The van der Waals surface area contributed by atoms with E-state index in [1.165, 1.54) is 18.3 Å². The van der Waals surface area contributed by atoms with Gasteiger partial charge in [-0.1, -0.05) is 29.8 Å². The van der Waals surface area contributed by atoms with Crippen molar-refractivity contribution < 1.29 is 23.1 Å². The van der Waals surface area contributed by atoms with Gasteiger partial charge in [0.2, 0.25) is 0 Å². The second-order valence-electron chi connectivity index (χ2n) is 8.62. The molecule has 0 unspecified atom stereocenters. The van der Waals surface area contributed by atoms with Gasteiger partial charge in [0.25, 0.3) is 5.91 Å². The second-order valence-corrected chi connectivity index (χ2v) is 8.62. The van der Waals surface area contributed by atoms with E-state index in [-0.39, 0.29) is 23.9 Å². The van der Waals surface area contributed by atoms with E-state index < -0.39 is 17.8 Å². The van der Waals surface area contributed by atoms with Gasteiger partial charge in [-0.05, 0) is 42.8 Å². The van der Waals surface area contributed by atoms with Crippen LogP contribution in [-0.4, -0.2) is 44.7 Å². The number of hydrogen-bond donors (Lipinski definition) is 2. The predicted molar refractivity (Wildman–Crippen MR) is 125 cm³/mol. The van der Waals surface area contributed by atoms with Gasteiger partial charge in [-0.25, -0.2) is 9.97 Å². The topological polar surface area (TPSA) is 83.3 Å². The lowest BCUT2D eigenvalue weighted by Crippen LogP contribution is -2.51. The van der Waals surface area contributed by atoms with Gasteiger partial charge in [0.1, 0.15) is 17.2 Å². The summed E-state index contributed by atoms with van der Waals surface area (Å²) in [5.41, 5.74) is 2.06. The lowest BCUT2D eigenvalue weighted by molar-refractivity contribution is -0.140. The number of nitrogens with one attached hydrogen (secondary N) is 1. The maximum atomic E-state index is 13.2. The molecule has 1 fully saturated rings. The van der Waals surface area contributed by atoms with Gasteiger partial charge in [0.15, 0.2) is 0 Å². The molecule has 0 bridgehead atoms. The number of amides is 1. The van der Waals surface area contributed by atoms with Gasteiger partial charge in [-0.2, -0.15) is 13.2 Å². The second kappa shape index (κ2) is 8.70. The molecule has 3 aromatic heterocycles. The van der Waals surface area contributed by atoms with E-state index >= 15 is 0 Å². The zero-order valence-corrected chi connectivity index (χ0v) is 18.8. The van der Waals surface area contributed by atoms with Crippen LogP contribution in [-0.2, 0) is 12.7 Å². The van der Waals surface area contributed by atoms with E-state index in [9.17, 15) is 23.1 Å². The van der Waals surface area contributed by atoms with Gasteiger partial charge in [-0.3, -0.25) is 4.79 Å². The minimum Gasteiger partial charge on any atom is -0.389 e. The quantitative estimate of drug-likeness (QED) is 0.446. The number of β-amino-alcohol motifs (C(OH)–C–C–N with tert-alkyl or cyclic N) is 1. The van der Waals surface area contributed by atoms with Crippen LogP contribution in [0.25, 0.3) is 11.0 Å². The van der Waals surface area contributed by atoms with Crippen molar-refractivity contribution in [1.82, 2.24) is 14.5 Å². The molecule has 1 aliphatic rings. The number of aliphatic hydroxyl groups excluding tert-OH is 1. The smallest absolute Gasteiger partial charge is 0.389 e. The molecule has 10 heteroatoms. The summed E-state index contributed by atoms with van der Waals surface area (Å²) in [6.07, 6.45) is -3.45. The number of alkyl halides is 3. The summed E-state index contributed by atoms with van der Waals surface area (Å²) in [6, 6.07) is 14.8. The van der Waals surface area contributed by atoms with Crippen molar-refractivity contribution in [2.45, 2.75) is 25.7 Å². The van der Waals surface area contributed by atoms with Gasteiger partial charge in [-0.15, -0.1) is 0 Å². The van der Waals surface area contributed by atoms with Crippen LogP contribution in [0.15, 0.2) is 60.8 Å². The third kappa shape index (κ3) is 4.69. The molecule has 0 radical (unpaired) electrons. The van der Waals surface area contributed by atoms with Crippen LogP contribution in [0, 0.1) is 6.92 Å². The Kier molecular flexibility index (Phi) is 5.68. The Morgan fingerprint density at radius 2 is 1.94 bits per heavy atom. The number of carbonyl (C=O) groups excluding carboxylic acids is 1. The van der Waals surface area contributed by atoms with E-state index in [0.29, 0.717) is 30.1 Å². The monoisotopic (exact) mass is 481 g/mol. The zero-order chi connectivity index (χ0) is 24.7. The van der Waals surface area contributed by atoms with E-state index in [0.717, 1.165) is 17.2 Å². The van der Waals surface area contributed by atoms with Crippen molar-refractivity contribution in [3.63, 3.8) is 0 Å². The Morgan fingerprint density at radius 1 is 1.14 bits per heavy atom. The number of aryl methyl sites for hydroxylation is 1. The predicted octanol–water partition coefficient (Wildman–Crippen LogP) is 4.24. The largest absolute Gasteiger partial charge is 0.433 e. The van der Waals surface area contributed by atoms with Crippen LogP contribution in [0.1, 0.15) is 27.3 Å². The normalized spacial score (nSPS) is 14.3. The summed E-state index contributed by atoms with van der Waals surface area (Å²) in [5.74, 6) is 0.198. The average molecular weight is 481 g/mol. The third-order valence-corrected chi connectivity index (χ3v) is 5.90. The molecule has 1 aliphatic heterocycles. The van der Waals surface area contributed by atoms with E-state index in [1.54, 1.807) is 16.7 Å². The molecule has 0 spiro atoms. The Bertz CT molecular complexity index is 1390. The summed E-state index contributed by atoms with van der Waals surface area (Å²) in [6.45, 7) is 3.24. The molecule has 0 atom stereocenters. The third-order valence-electron chi connectivity index (χ3n) is 5.90. The fourth-order valence-corrected chi connectivity index (χ4v) is 4.13. The number of carbonyl (C=O) groups is 1. The number of aliphatic hydroxyl groups is 1. The number of nitrogens with zero attached hydrogens (tertiary/aromatic N) is 4. The number of pyridine rings is 2. The van der Waals surface area contributed by atoms with Gasteiger partial charge in [0, 0.05) is 19.6 Å². The summed E-state index contributed by atoms with van der Waals surface area (Å²) in [5, 5.41) is 12.2. The molecule has 0 aliphatic carbocycles. The maximum Gasteiger partial charge on any atom is 0.433 e. The number of halogens is 3. The van der Waals surface area contributed by atoms with Gasteiger partial charge < -0.3 is 19.9 Å². The molecule has 1 aromatic carbocycles. The Morgan fingerprint density at radius 3 is 2.60 bits per heavy atom. The van der Waals surface area contributed by atoms with Crippen molar-refractivity contribution in [1.29, 1.82) is 0 Å². The molecule has 5 rings (SSSR count). The standard InChI is InChI=1S/C25H22F3N5O2/c1-15-3-2-4-16(9-15)12-33-20-6-7-22(25(26,27)28)31-19(20)10-21(33)24(35)30-17-5-8-23(29-11-17)32-13-18(34)14-32/h2-11,18,34H,12-14H2,1H3,(H,30,35). The lowest BCUT2D eigenvalue weighted by Gasteiger charge is -2.36. The molecule has 7 nitrogen and oxygen atoms in total. The number of benzene rings is 1. The molecule has 4 aromatic rings. The summed E-state index contributed by atoms with van der Waals surface area (Å²) in [4.78, 5) is 23.2. The number of anilines is 2. The van der Waals surface area contributed by atoms with Crippen LogP contribution in [0.3, 0.4) is 0 Å². The zero-order valence-electron chi connectivity index (χ0n) is 18.8. The molecule has 0 saturated carbocycles. The van der Waals surface area contributed by atoms with Crippen LogP contribution in [0.5, 0.6) is 0 Å². The minimum absolute atomic E-state index is 0.0856. The van der Waals surface area contributed by atoms with Crippen molar-refractivity contribution in [2.24, 2.45) is 0 Å². The number of aromatic nitrogens is 3. The molecule has 2 N–H and O–H groups in total. The van der Waals surface area contributed by atoms with E-state index in [2.05, 4.69) is 15.3 Å². The highest BCUT2D eigenvalue weighted by molar-refractivity contribution is 6.06. The summed E-state index contributed by atoms with van der Waals surface area (Å²) in [7, 11) is 0. The number of fused-ring (bicyclic) bond motifs is 1. The van der Waals surface area contributed by atoms with Crippen molar-refractivity contribution in [3.05, 3.63) is 83.3 Å². The first-order valence-electron chi connectivity index (χ1n) is 11.0. The Hall–Kier alpha value is -3.92. The minimum atomic E-state index is -4.59. The van der Waals surface area contributed by atoms with Crippen molar-refractivity contribution in [3.8, 4) is 0 Å². The molecule has 180 valence electrons. The fourth-order valence-electron chi connectivity index (χ4n) is 4.13. The highest BCUT2D eigenvalue weighted by Gasteiger charge is 2.33. The fraction of sp³-hybridized carbons (Fsp3) is 0.240. The maximum absolute atomic E-state index is 13.2. The van der Waals surface area contributed by atoms with E-state index in [1.807, 2.05) is 36.1 Å². The van der Waals surface area contributed by atoms with Crippen LogP contribution >= 0.6 is 0 Å². The number of rotatable bonds is 5. The van der Waals surface area contributed by atoms with E-state index in [4.69, 9.17) is 0 Å². The molecular formula is C25H22F3N5O2. The average Bonchev–Trinajstić information content (AvgIpc) is 3.15. The SMILES string of the molecule is Cc1cccc(Cn2c(C(=O)Nc3ccc(N4CC(O)C4)nc3)cc3nc(C(F)(F)F)ccc32)c1. The molecule has 35 heavy (non-hydrogen) atoms. The van der Waals surface area contributed by atoms with Crippen LogP contribution in [0.4, 0.5) is 24.7 Å². The van der Waals surface area contributed by atoms with Crippen molar-refractivity contribution >= 4 is 28.4 Å². The molecule has 1 saturated heterocycles. The molecular weight excluding hydrogens is 459 g/mol. The van der Waals surface area contributed by atoms with Crippen molar-refractivity contribution in [2.75, 3.05) is 23.3 Å². The Labute approximate surface area is 198 Å². The first-order valence-corrected chi connectivity index (χ1v) is 11.0. The van der Waals surface area contributed by atoms with Crippen LogP contribution < -0.4 is 10.2 Å². The first-order chi connectivity index (χ1) is 16.7. The Balaban J connectivity index is 1.47. The number of hydrogen-bond acceptors (Lipinski definition) is 5. The highest BCUT2D eigenvalue weighted by atomic mass is 19.4. The molecule has 4 heterocycles. The highest BCUT2D eigenvalue weighted by Crippen LogP contribution is 2.30. The van der Waals surface area contributed by atoms with Gasteiger partial charge >= 0.3 is 6.18 Å². The summed E-state index contributed by atoms with van der Waals surface area (Å²) >= 11 is 0. The van der Waals surface area contributed by atoms with Gasteiger partial charge in [0.05, 0.1) is 29.0 Å². The summed E-state index contributed by atoms with van der Waals surface area (Å²) < 4.78 is 41.3.